The molecule has 0 unspecified atom stereocenters. The zero-order valence-corrected chi connectivity index (χ0v) is 18.8. The molecule has 3 rings (SSSR count). The molecular formula is C25H32N3O4+. The van der Waals surface area contributed by atoms with Gasteiger partial charge < -0.3 is 19.4 Å². The smallest absolute Gasteiger partial charge is 0.303 e. The third-order valence-corrected chi connectivity index (χ3v) is 6.03. The third-order valence-electron chi connectivity index (χ3n) is 6.03. The van der Waals surface area contributed by atoms with Crippen LogP contribution in [0, 0.1) is 17.2 Å². The van der Waals surface area contributed by atoms with Gasteiger partial charge in [-0.1, -0.05) is 24.3 Å². The predicted octanol–water partition coefficient (Wildman–Crippen LogP) is 2.59. The molecule has 0 fully saturated rings. The summed E-state index contributed by atoms with van der Waals surface area (Å²) in [4.78, 5) is 14.9. The molecule has 1 aliphatic rings. The quantitative estimate of drug-likeness (QED) is 0.523. The van der Waals surface area contributed by atoms with Gasteiger partial charge in [0.2, 0.25) is 0 Å². The van der Waals surface area contributed by atoms with Crippen molar-refractivity contribution in [3.8, 4) is 11.8 Å². The Kier molecular flexibility index (Phi) is 7.84. The van der Waals surface area contributed by atoms with Crippen molar-refractivity contribution in [3.05, 3.63) is 58.9 Å². The molecule has 0 radical (unpaired) electrons. The summed E-state index contributed by atoms with van der Waals surface area (Å²) in [5.41, 5.74) is 3.57. The van der Waals surface area contributed by atoms with E-state index in [9.17, 15) is 15.2 Å². The standard InChI is InChI=1S/C25H31N3O4/c1-28(2,12-11-18-13-19-5-3-4-6-20(19)14-18)16-22(29)17-32-24-9-7-21(8-10-25(30)31)27-23(24)15-26/h3-7,9,18,22,29H,8,10-14,16-17H2,1-2H3/p+1/t22-/m1/s1. The first-order valence-corrected chi connectivity index (χ1v) is 11.1. The molecule has 0 spiro atoms. The lowest BCUT2D eigenvalue weighted by Gasteiger charge is -2.32. The van der Waals surface area contributed by atoms with Gasteiger partial charge in [-0.25, -0.2) is 4.98 Å². The van der Waals surface area contributed by atoms with Crippen LogP contribution in [0.25, 0.3) is 0 Å². The SMILES string of the molecule is C[N+](C)(CCC1Cc2ccccc2C1)C[C@@H](O)COc1ccc(CCC(=O)O)nc1C#N. The number of quaternary nitrogens is 1. The number of carboxylic acid groups (broad SMARTS) is 1. The van der Waals surface area contributed by atoms with Crippen molar-refractivity contribution in [2.75, 3.05) is 33.8 Å². The molecule has 170 valence electrons. The number of aromatic nitrogens is 1. The Morgan fingerprint density at radius 2 is 1.94 bits per heavy atom. The van der Waals surface area contributed by atoms with Gasteiger partial charge in [-0.2, -0.15) is 5.26 Å². The van der Waals surface area contributed by atoms with Gasteiger partial charge in [-0.15, -0.1) is 0 Å². The van der Waals surface area contributed by atoms with E-state index in [2.05, 4.69) is 43.3 Å². The molecule has 7 heteroatoms. The summed E-state index contributed by atoms with van der Waals surface area (Å²) in [7, 11) is 4.23. The molecule has 0 saturated carbocycles. The van der Waals surface area contributed by atoms with Crippen molar-refractivity contribution >= 4 is 5.97 Å². The number of fused-ring (bicyclic) bond motifs is 1. The van der Waals surface area contributed by atoms with E-state index in [4.69, 9.17) is 9.84 Å². The molecule has 0 bridgehead atoms. The topological polar surface area (TPSA) is 103 Å². The van der Waals surface area contributed by atoms with Gasteiger partial charge >= 0.3 is 5.97 Å². The third kappa shape index (κ3) is 6.78. The summed E-state index contributed by atoms with van der Waals surface area (Å²) in [5, 5.41) is 28.7. The van der Waals surface area contributed by atoms with Crippen LogP contribution >= 0.6 is 0 Å². The van der Waals surface area contributed by atoms with E-state index >= 15 is 0 Å². The van der Waals surface area contributed by atoms with Gasteiger partial charge in [0, 0.05) is 18.5 Å². The summed E-state index contributed by atoms with van der Waals surface area (Å²) in [5.74, 6) is 0.0497. The molecule has 1 aromatic heterocycles. The number of ether oxygens (including phenoxy) is 1. The summed E-state index contributed by atoms with van der Waals surface area (Å²) in [6, 6.07) is 13.9. The number of aliphatic carboxylic acids is 1. The first kappa shape index (κ1) is 23.7. The first-order valence-electron chi connectivity index (χ1n) is 11.1. The summed E-state index contributed by atoms with van der Waals surface area (Å²) in [6.45, 7) is 1.59. The molecule has 32 heavy (non-hydrogen) atoms. The molecule has 1 aliphatic carbocycles. The normalized spacial score (nSPS) is 14.6. The Hall–Kier alpha value is -2.95. The highest BCUT2D eigenvalue weighted by Crippen LogP contribution is 2.29. The van der Waals surface area contributed by atoms with Crippen LogP contribution in [-0.4, -0.2) is 65.5 Å². The van der Waals surface area contributed by atoms with Crippen molar-refractivity contribution in [2.45, 2.75) is 38.2 Å². The second kappa shape index (κ2) is 10.6. The van der Waals surface area contributed by atoms with Crippen LogP contribution in [0.15, 0.2) is 36.4 Å². The Balaban J connectivity index is 1.46. The van der Waals surface area contributed by atoms with Gasteiger partial charge in [-0.3, -0.25) is 4.79 Å². The fraction of sp³-hybridized carbons (Fsp3) is 0.480. The van der Waals surface area contributed by atoms with Crippen LogP contribution < -0.4 is 4.74 Å². The van der Waals surface area contributed by atoms with E-state index in [0.29, 0.717) is 28.4 Å². The van der Waals surface area contributed by atoms with Crippen LogP contribution in [0.5, 0.6) is 5.75 Å². The highest BCUT2D eigenvalue weighted by atomic mass is 16.5. The van der Waals surface area contributed by atoms with Crippen molar-refractivity contribution in [1.29, 1.82) is 5.26 Å². The fourth-order valence-electron chi connectivity index (χ4n) is 4.34. The van der Waals surface area contributed by atoms with Gasteiger partial charge in [0.1, 0.15) is 25.3 Å². The average molecular weight is 439 g/mol. The Morgan fingerprint density at radius 1 is 1.25 bits per heavy atom. The zero-order chi connectivity index (χ0) is 23.1. The number of likely N-dealkylation sites (N-methyl/N-ethyl adjacent to an activating group) is 1. The Bertz CT molecular complexity index is 958. The van der Waals surface area contributed by atoms with Crippen LogP contribution in [-0.2, 0) is 24.1 Å². The van der Waals surface area contributed by atoms with Gasteiger partial charge in [-0.05, 0) is 42.0 Å². The number of benzene rings is 1. The number of pyridine rings is 1. The molecule has 0 aliphatic heterocycles. The van der Waals surface area contributed by atoms with E-state index in [-0.39, 0.29) is 25.1 Å². The molecule has 7 nitrogen and oxygen atoms in total. The summed E-state index contributed by atoms with van der Waals surface area (Å²) in [6.07, 6.45) is 2.91. The largest absolute Gasteiger partial charge is 0.488 e. The van der Waals surface area contributed by atoms with E-state index in [1.54, 1.807) is 12.1 Å². The molecule has 1 aromatic carbocycles. The van der Waals surface area contributed by atoms with E-state index in [0.717, 1.165) is 25.8 Å². The molecule has 1 heterocycles. The number of carbonyl (C=O) groups is 1. The Labute approximate surface area is 189 Å². The van der Waals surface area contributed by atoms with Crippen molar-refractivity contribution in [3.63, 3.8) is 0 Å². The lowest BCUT2D eigenvalue weighted by Crippen LogP contribution is -2.48. The number of aliphatic hydroxyl groups is 1. The Morgan fingerprint density at radius 3 is 2.56 bits per heavy atom. The molecular weight excluding hydrogens is 406 g/mol. The average Bonchev–Trinajstić information content (AvgIpc) is 3.18. The van der Waals surface area contributed by atoms with Crippen LogP contribution in [0.3, 0.4) is 0 Å². The number of aryl methyl sites for hydroxylation is 1. The van der Waals surface area contributed by atoms with Crippen molar-refractivity contribution < 1.29 is 24.2 Å². The summed E-state index contributed by atoms with van der Waals surface area (Å²) >= 11 is 0. The lowest BCUT2D eigenvalue weighted by atomic mass is 10.0. The number of carboxylic acids is 1. The minimum atomic E-state index is -0.910. The minimum Gasteiger partial charge on any atom is -0.488 e. The number of aliphatic hydroxyl groups excluding tert-OH is 1. The zero-order valence-electron chi connectivity index (χ0n) is 18.8. The molecule has 2 N–H and O–H groups in total. The second-order valence-corrected chi connectivity index (χ2v) is 9.29. The van der Waals surface area contributed by atoms with Crippen LogP contribution in [0.2, 0.25) is 0 Å². The van der Waals surface area contributed by atoms with Gasteiger partial charge in [0.05, 0.1) is 27.1 Å². The molecule has 1 atom stereocenters. The maximum Gasteiger partial charge on any atom is 0.303 e. The van der Waals surface area contributed by atoms with Crippen molar-refractivity contribution in [1.82, 2.24) is 4.98 Å². The first-order chi connectivity index (χ1) is 15.3. The number of hydrogen-bond acceptors (Lipinski definition) is 5. The maximum atomic E-state index is 10.7. The fourth-order valence-corrected chi connectivity index (χ4v) is 4.34. The van der Waals surface area contributed by atoms with Crippen LogP contribution in [0.1, 0.15) is 35.4 Å². The van der Waals surface area contributed by atoms with Crippen molar-refractivity contribution in [2.24, 2.45) is 5.92 Å². The summed E-state index contributed by atoms with van der Waals surface area (Å²) < 4.78 is 6.36. The van der Waals surface area contributed by atoms with Crippen LogP contribution in [0.4, 0.5) is 0 Å². The number of nitrogens with zero attached hydrogens (tertiary/aromatic N) is 3. The monoisotopic (exact) mass is 438 g/mol. The lowest BCUT2D eigenvalue weighted by molar-refractivity contribution is -0.894. The van der Waals surface area contributed by atoms with E-state index in [1.165, 1.54) is 11.1 Å². The molecule has 2 aromatic rings. The number of nitriles is 1. The number of hydrogen-bond donors (Lipinski definition) is 2. The molecule has 0 saturated heterocycles. The van der Waals surface area contributed by atoms with E-state index in [1.807, 2.05) is 6.07 Å². The molecule has 0 amide bonds. The van der Waals surface area contributed by atoms with E-state index < -0.39 is 12.1 Å². The number of rotatable bonds is 11. The minimum absolute atomic E-state index is 0.0449. The maximum absolute atomic E-state index is 10.7. The van der Waals surface area contributed by atoms with Gasteiger partial charge in [0.25, 0.3) is 0 Å². The highest BCUT2D eigenvalue weighted by molar-refractivity contribution is 5.67. The predicted molar refractivity (Wildman–Crippen MR) is 120 cm³/mol. The highest BCUT2D eigenvalue weighted by Gasteiger charge is 2.26. The van der Waals surface area contributed by atoms with Gasteiger partial charge in [0.15, 0.2) is 11.4 Å². The second-order valence-electron chi connectivity index (χ2n) is 9.29.